The number of anilines is 2. The van der Waals surface area contributed by atoms with Crippen molar-refractivity contribution in [1.82, 2.24) is 20.2 Å². The summed E-state index contributed by atoms with van der Waals surface area (Å²) in [6, 6.07) is 2.59. The Hall–Kier alpha value is -3.56. The Morgan fingerprint density at radius 1 is 0.927 bits per heavy atom. The molecule has 2 aromatic carbocycles. The molecule has 41 heavy (non-hydrogen) atoms. The van der Waals surface area contributed by atoms with E-state index in [-0.39, 0.29) is 54.9 Å². The molecule has 1 aromatic heterocycles. The Bertz CT molecular complexity index is 1350. The van der Waals surface area contributed by atoms with Gasteiger partial charge in [-0.25, -0.2) is 0 Å². The molecule has 4 rings (SSSR count). The number of hydrogen-bond donors (Lipinski definition) is 1. The third-order valence-electron chi connectivity index (χ3n) is 6.79. The number of aromatic nitrogens is 4. The molecule has 0 radical (unpaired) electrons. The quantitative estimate of drug-likeness (QED) is 0.357. The molecule has 0 saturated carbocycles. The van der Waals surface area contributed by atoms with E-state index in [1.807, 2.05) is 0 Å². The zero-order valence-electron chi connectivity index (χ0n) is 21.7. The summed E-state index contributed by atoms with van der Waals surface area (Å²) in [5.41, 5.74) is -3.94. The summed E-state index contributed by atoms with van der Waals surface area (Å²) in [4.78, 5) is 3.96. The highest BCUT2D eigenvalue weighted by atomic mass is 19.4. The van der Waals surface area contributed by atoms with Gasteiger partial charge in [0.15, 0.2) is 0 Å². The maximum atomic E-state index is 13.8. The fourth-order valence-electron chi connectivity index (χ4n) is 5.01. The number of hydrogen-bond acceptors (Lipinski definition) is 6. The first-order valence-corrected chi connectivity index (χ1v) is 12.4. The highest BCUT2D eigenvalue weighted by Gasteiger charge is 2.39. The second-order valence-corrected chi connectivity index (χ2v) is 9.71. The second-order valence-electron chi connectivity index (χ2n) is 9.71. The first kappa shape index (κ1) is 30.4. The maximum absolute atomic E-state index is 13.8. The highest BCUT2D eigenvalue weighted by Crippen LogP contribution is 2.44. The number of halogens is 9. The summed E-state index contributed by atoms with van der Waals surface area (Å²) < 4.78 is 123. The van der Waals surface area contributed by atoms with Crippen LogP contribution in [0.25, 0.3) is 0 Å². The molecule has 1 atom stereocenters. The third-order valence-corrected chi connectivity index (χ3v) is 6.79. The standard InChI is InChI=1S/C25H25F9N6O/c1-14-8-18-20(4-3-5-39(6-7-41)21(18)12-19(14)25(32,33)34)40(22-35-37-38(2)36-22)13-15-9-16(23(26,27)28)11-17(10-15)24(29,30)31/h8-12,20,41H,3-7,13H2,1-2H3. The lowest BCUT2D eigenvalue weighted by molar-refractivity contribution is -0.143. The molecule has 0 spiro atoms. The molecule has 7 nitrogen and oxygen atoms in total. The summed E-state index contributed by atoms with van der Waals surface area (Å²) >= 11 is 0. The van der Waals surface area contributed by atoms with Crippen molar-refractivity contribution in [3.05, 3.63) is 63.7 Å². The molecule has 1 aliphatic heterocycles. The van der Waals surface area contributed by atoms with E-state index in [9.17, 15) is 44.6 Å². The maximum Gasteiger partial charge on any atom is 0.416 e. The van der Waals surface area contributed by atoms with Gasteiger partial charge in [-0.15, -0.1) is 5.10 Å². The average Bonchev–Trinajstić information content (AvgIpc) is 3.21. The lowest BCUT2D eigenvalue weighted by Crippen LogP contribution is -2.31. The van der Waals surface area contributed by atoms with Gasteiger partial charge < -0.3 is 14.9 Å². The van der Waals surface area contributed by atoms with E-state index in [0.29, 0.717) is 24.1 Å². The first-order chi connectivity index (χ1) is 19.0. The molecule has 0 amide bonds. The zero-order valence-corrected chi connectivity index (χ0v) is 21.7. The largest absolute Gasteiger partial charge is 0.416 e. The van der Waals surface area contributed by atoms with Gasteiger partial charge in [-0.1, -0.05) is 11.2 Å². The Morgan fingerprint density at radius 2 is 1.56 bits per heavy atom. The number of nitrogens with zero attached hydrogens (tertiary/aromatic N) is 6. The second kappa shape index (κ2) is 11.0. The summed E-state index contributed by atoms with van der Waals surface area (Å²) in [7, 11) is 1.41. The molecular weight excluding hydrogens is 571 g/mol. The van der Waals surface area contributed by atoms with Crippen LogP contribution in [0.1, 0.15) is 52.3 Å². The first-order valence-electron chi connectivity index (χ1n) is 12.4. The molecule has 0 fully saturated rings. The predicted octanol–water partition coefficient (Wildman–Crippen LogP) is 5.92. The topological polar surface area (TPSA) is 70.3 Å². The minimum atomic E-state index is -5.07. The monoisotopic (exact) mass is 596 g/mol. The van der Waals surface area contributed by atoms with E-state index >= 15 is 0 Å². The van der Waals surface area contributed by atoms with Crippen molar-refractivity contribution in [2.24, 2.45) is 7.05 Å². The van der Waals surface area contributed by atoms with Gasteiger partial charge in [0.05, 0.1) is 36.4 Å². The fourth-order valence-corrected chi connectivity index (χ4v) is 5.01. The highest BCUT2D eigenvalue weighted by molar-refractivity contribution is 5.62. The van der Waals surface area contributed by atoms with Crippen molar-refractivity contribution in [2.75, 3.05) is 29.5 Å². The normalized spacial score (nSPS) is 16.5. The van der Waals surface area contributed by atoms with E-state index < -0.39 is 47.8 Å². The number of rotatable bonds is 6. The summed E-state index contributed by atoms with van der Waals surface area (Å²) in [5, 5.41) is 21.3. The van der Waals surface area contributed by atoms with Gasteiger partial charge >= 0.3 is 18.5 Å². The van der Waals surface area contributed by atoms with Gasteiger partial charge in [0.25, 0.3) is 5.95 Å². The van der Waals surface area contributed by atoms with Crippen LogP contribution in [-0.2, 0) is 32.1 Å². The molecule has 1 unspecified atom stereocenters. The van der Waals surface area contributed by atoms with E-state index in [4.69, 9.17) is 0 Å². The van der Waals surface area contributed by atoms with Gasteiger partial charge in [-0.05, 0) is 65.9 Å². The van der Waals surface area contributed by atoms with Crippen molar-refractivity contribution in [2.45, 2.75) is 50.9 Å². The number of aliphatic hydroxyl groups is 1. The van der Waals surface area contributed by atoms with Gasteiger partial charge in [-0.3, -0.25) is 0 Å². The van der Waals surface area contributed by atoms with Gasteiger partial charge in [-0.2, -0.15) is 44.3 Å². The van der Waals surface area contributed by atoms with Crippen LogP contribution in [-0.4, -0.2) is 45.0 Å². The number of β-amino-alcohol motifs (C(OH)–C–C–N with tert-alkyl or cyclic N) is 1. The molecule has 0 aliphatic carbocycles. The molecule has 1 N–H and O–H groups in total. The van der Waals surface area contributed by atoms with Gasteiger partial charge in [0.1, 0.15) is 0 Å². The van der Waals surface area contributed by atoms with Crippen LogP contribution in [0.3, 0.4) is 0 Å². The molecular formula is C25H25F9N6O. The molecule has 224 valence electrons. The van der Waals surface area contributed by atoms with Crippen LogP contribution >= 0.6 is 0 Å². The van der Waals surface area contributed by atoms with E-state index in [0.717, 1.165) is 10.9 Å². The predicted molar refractivity (Wildman–Crippen MR) is 129 cm³/mol. The third kappa shape index (κ3) is 6.68. The molecule has 3 aromatic rings. The molecule has 16 heteroatoms. The number of tetrazole rings is 1. The fraction of sp³-hybridized carbons (Fsp3) is 0.480. The molecule has 0 saturated heterocycles. The molecule has 1 aliphatic rings. The number of aliphatic hydroxyl groups excluding tert-OH is 1. The summed E-state index contributed by atoms with van der Waals surface area (Å²) in [5.74, 6) is -0.137. The number of benzene rings is 2. The minimum absolute atomic E-state index is 0.00599. The Morgan fingerprint density at radius 3 is 2.07 bits per heavy atom. The molecule has 2 heterocycles. The van der Waals surface area contributed by atoms with Crippen molar-refractivity contribution in [1.29, 1.82) is 0 Å². The SMILES string of the molecule is Cc1cc2c(cc1C(F)(F)F)N(CCO)CCCC2N(Cc1cc(C(F)(F)F)cc(C(F)(F)F)c1)c1nnn(C)n1. The lowest BCUT2D eigenvalue weighted by Gasteiger charge is -2.33. The Balaban J connectivity index is 1.90. The van der Waals surface area contributed by atoms with Crippen LogP contribution in [0.2, 0.25) is 0 Å². The summed E-state index contributed by atoms with van der Waals surface area (Å²) in [6.45, 7) is 0.608. The van der Waals surface area contributed by atoms with Crippen molar-refractivity contribution >= 4 is 11.6 Å². The summed E-state index contributed by atoms with van der Waals surface area (Å²) in [6.07, 6.45) is -14.2. The number of alkyl halides is 9. The molecule has 0 bridgehead atoms. The van der Waals surface area contributed by atoms with Crippen LogP contribution in [0.15, 0.2) is 30.3 Å². The number of aryl methyl sites for hydroxylation is 2. The number of fused-ring (bicyclic) bond motifs is 1. The van der Waals surface area contributed by atoms with Crippen LogP contribution in [0, 0.1) is 6.92 Å². The van der Waals surface area contributed by atoms with E-state index in [1.54, 1.807) is 4.90 Å². The van der Waals surface area contributed by atoms with Crippen molar-refractivity contribution in [3.8, 4) is 0 Å². The van der Waals surface area contributed by atoms with Gasteiger partial charge in [0, 0.05) is 25.3 Å². The van der Waals surface area contributed by atoms with E-state index in [1.165, 1.54) is 24.9 Å². The van der Waals surface area contributed by atoms with Crippen LogP contribution < -0.4 is 9.80 Å². The lowest BCUT2D eigenvalue weighted by atomic mass is 9.94. The minimum Gasteiger partial charge on any atom is -0.395 e. The zero-order chi connectivity index (χ0) is 30.3. The van der Waals surface area contributed by atoms with E-state index in [2.05, 4.69) is 15.4 Å². The van der Waals surface area contributed by atoms with Crippen LogP contribution in [0.5, 0.6) is 0 Å². The van der Waals surface area contributed by atoms with Gasteiger partial charge in [0.2, 0.25) is 0 Å². The van der Waals surface area contributed by atoms with Crippen molar-refractivity contribution in [3.63, 3.8) is 0 Å². The Kier molecular flexibility index (Phi) is 8.17. The van der Waals surface area contributed by atoms with Crippen LogP contribution in [0.4, 0.5) is 51.1 Å². The average molecular weight is 596 g/mol. The Labute approximate surface area is 228 Å². The smallest absolute Gasteiger partial charge is 0.395 e. The van der Waals surface area contributed by atoms with Crippen molar-refractivity contribution < 1.29 is 44.6 Å².